The predicted molar refractivity (Wildman–Crippen MR) is 239 cm³/mol. The second-order valence-corrected chi connectivity index (χ2v) is 15.6. The van der Waals surface area contributed by atoms with E-state index in [9.17, 15) is 0 Å². The van der Waals surface area contributed by atoms with Crippen LogP contribution in [0.25, 0.3) is 71.7 Å². The minimum atomic E-state index is -0.492. The molecule has 11 aromatic rings. The van der Waals surface area contributed by atoms with E-state index in [1.807, 2.05) is 6.07 Å². The molecule has 0 fully saturated rings. The number of hydrogen-bond acceptors (Lipinski definition) is 2. The van der Waals surface area contributed by atoms with Crippen LogP contribution in [0.15, 0.2) is 211 Å². The Morgan fingerprint density at radius 3 is 1.97 bits per heavy atom. The normalized spacial score (nSPS) is 15.0. The zero-order valence-electron chi connectivity index (χ0n) is 31.4. The van der Waals surface area contributed by atoms with E-state index in [-0.39, 0.29) is 0 Å². The fourth-order valence-electron chi connectivity index (χ4n) is 10.5. The molecule has 58 heavy (non-hydrogen) atoms. The zero-order chi connectivity index (χ0) is 38.0. The maximum absolute atomic E-state index is 6.31. The lowest BCUT2D eigenvalue weighted by Gasteiger charge is -2.39. The number of benzene rings is 9. The first-order chi connectivity index (χ1) is 28.8. The van der Waals surface area contributed by atoms with E-state index in [0.29, 0.717) is 0 Å². The van der Waals surface area contributed by atoms with Crippen LogP contribution in [-0.2, 0) is 5.41 Å². The molecule has 2 aliphatic rings. The van der Waals surface area contributed by atoms with Crippen molar-refractivity contribution in [2.24, 2.45) is 0 Å². The van der Waals surface area contributed by atoms with Crippen LogP contribution in [0, 0.1) is 0 Å². The van der Waals surface area contributed by atoms with Gasteiger partial charge in [0.15, 0.2) is 0 Å². The molecule has 3 nitrogen and oxygen atoms in total. The third-order valence-corrected chi connectivity index (χ3v) is 12.8. The quantitative estimate of drug-likeness (QED) is 0.179. The number of furan rings is 1. The highest BCUT2D eigenvalue weighted by atomic mass is 16.3. The number of anilines is 3. The Morgan fingerprint density at radius 1 is 0.397 bits per heavy atom. The molecule has 0 N–H and O–H groups in total. The lowest BCUT2D eigenvalue weighted by molar-refractivity contribution is 0.669. The fraction of sp³-hybridized carbons (Fsp3) is 0.0182. The average Bonchev–Trinajstić information content (AvgIpc) is 3.93. The number of fused-ring (bicyclic) bond motifs is 15. The molecule has 3 heterocycles. The van der Waals surface area contributed by atoms with Crippen LogP contribution >= 0.6 is 0 Å². The summed E-state index contributed by atoms with van der Waals surface area (Å²) >= 11 is 0. The molecular weight excluding hydrogens is 705 g/mol. The van der Waals surface area contributed by atoms with E-state index in [1.165, 1.54) is 60.9 Å². The molecule has 1 aliphatic carbocycles. The molecule has 0 amide bonds. The van der Waals surface area contributed by atoms with Gasteiger partial charge in [0.25, 0.3) is 0 Å². The third kappa shape index (κ3) is 4.07. The standard InChI is InChI=1S/C55H34N2O/c1-2-16-36(17-3-1)56(37-18-12-15-35(33-37)39-22-14-30-52-53(39)43-21-6-11-29-51(43)58-52)38-31-32-46-44(34-38)40-19-4-7-24-45(40)55(46)47-25-8-10-28-50(47)57-49-27-9-5-20-41(49)42-23-13-26-48(55)54(42)57/h1-34H. The topological polar surface area (TPSA) is 21.3 Å². The van der Waals surface area contributed by atoms with Crippen LogP contribution in [0.2, 0.25) is 0 Å². The van der Waals surface area contributed by atoms with Gasteiger partial charge in [0.05, 0.1) is 22.1 Å². The van der Waals surface area contributed by atoms with Crippen LogP contribution in [0.4, 0.5) is 17.1 Å². The van der Waals surface area contributed by atoms with Crippen molar-refractivity contribution in [1.82, 2.24) is 4.57 Å². The molecular formula is C55H34N2O. The molecule has 0 saturated heterocycles. The zero-order valence-corrected chi connectivity index (χ0v) is 31.4. The number of hydrogen-bond donors (Lipinski definition) is 0. The smallest absolute Gasteiger partial charge is 0.136 e. The van der Waals surface area contributed by atoms with Gasteiger partial charge in [0, 0.05) is 38.6 Å². The second kappa shape index (κ2) is 11.7. The number of rotatable bonds is 4. The van der Waals surface area contributed by atoms with Gasteiger partial charge in [-0.3, -0.25) is 0 Å². The van der Waals surface area contributed by atoms with Crippen LogP contribution in [0.1, 0.15) is 22.3 Å². The highest BCUT2D eigenvalue weighted by Crippen LogP contribution is 2.61. The summed E-state index contributed by atoms with van der Waals surface area (Å²) in [6.07, 6.45) is 0. The van der Waals surface area contributed by atoms with Gasteiger partial charge in [-0.25, -0.2) is 0 Å². The van der Waals surface area contributed by atoms with Crippen LogP contribution in [-0.4, -0.2) is 4.57 Å². The van der Waals surface area contributed by atoms with Crippen molar-refractivity contribution in [2.45, 2.75) is 5.41 Å². The molecule has 270 valence electrons. The summed E-state index contributed by atoms with van der Waals surface area (Å²) in [5, 5.41) is 4.84. The Kier molecular flexibility index (Phi) is 6.37. The highest BCUT2D eigenvalue weighted by Gasteiger charge is 2.50. The third-order valence-electron chi connectivity index (χ3n) is 12.8. The monoisotopic (exact) mass is 738 g/mol. The minimum Gasteiger partial charge on any atom is -0.456 e. The highest BCUT2D eigenvalue weighted by molar-refractivity contribution is 6.14. The molecule has 0 radical (unpaired) electrons. The van der Waals surface area contributed by atoms with E-state index in [1.54, 1.807) is 0 Å². The van der Waals surface area contributed by atoms with Gasteiger partial charge in [-0.15, -0.1) is 0 Å². The van der Waals surface area contributed by atoms with Crippen LogP contribution in [0.5, 0.6) is 0 Å². The Morgan fingerprint density at radius 2 is 1.03 bits per heavy atom. The van der Waals surface area contributed by atoms with Gasteiger partial charge < -0.3 is 13.9 Å². The SMILES string of the molecule is c1ccc(N(c2cccc(-c3cccc4oc5ccccc5c34)c2)c2ccc3c(c2)-c2ccccc2C32c3ccccc3-n3c4ccccc4c4cccc2c43)cc1. The molecule has 13 rings (SSSR count). The summed E-state index contributed by atoms with van der Waals surface area (Å²) in [6, 6.07) is 75.5. The molecule has 2 aromatic heterocycles. The Bertz CT molecular complexity index is 3480. The number of nitrogens with zero attached hydrogens (tertiary/aromatic N) is 2. The predicted octanol–water partition coefficient (Wildman–Crippen LogP) is 14.5. The molecule has 0 bridgehead atoms. The first-order valence-electron chi connectivity index (χ1n) is 20.0. The van der Waals surface area contributed by atoms with Gasteiger partial charge >= 0.3 is 0 Å². The fourth-order valence-corrected chi connectivity index (χ4v) is 10.5. The van der Waals surface area contributed by atoms with Crippen molar-refractivity contribution >= 4 is 60.8 Å². The maximum Gasteiger partial charge on any atom is 0.136 e. The van der Waals surface area contributed by atoms with Crippen molar-refractivity contribution < 1.29 is 4.42 Å². The molecule has 1 atom stereocenters. The van der Waals surface area contributed by atoms with E-state index < -0.39 is 5.41 Å². The van der Waals surface area contributed by atoms with Gasteiger partial charge in [-0.05, 0) is 105 Å². The maximum atomic E-state index is 6.31. The lowest BCUT2D eigenvalue weighted by atomic mass is 9.65. The number of para-hydroxylation sites is 5. The molecule has 9 aromatic carbocycles. The molecule has 3 heteroatoms. The van der Waals surface area contributed by atoms with Crippen LogP contribution < -0.4 is 4.90 Å². The Balaban J connectivity index is 1.05. The van der Waals surface area contributed by atoms with Crippen molar-refractivity contribution in [3.05, 3.63) is 229 Å². The Hall–Kier alpha value is -7.62. The number of aromatic nitrogens is 1. The summed E-state index contributed by atoms with van der Waals surface area (Å²) in [4.78, 5) is 2.40. The summed E-state index contributed by atoms with van der Waals surface area (Å²) < 4.78 is 8.82. The molecule has 1 spiro atoms. The minimum absolute atomic E-state index is 0.492. The van der Waals surface area contributed by atoms with Gasteiger partial charge in [0.2, 0.25) is 0 Å². The Labute approximate surface area is 335 Å². The molecule has 1 unspecified atom stereocenters. The van der Waals surface area contributed by atoms with Gasteiger partial charge in [-0.2, -0.15) is 0 Å². The molecule has 1 aliphatic heterocycles. The van der Waals surface area contributed by atoms with Gasteiger partial charge in [-0.1, -0.05) is 146 Å². The average molecular weight is 739 g/mol. The van der Waals surface area contributed by atoms with Gasteiger partial charge in [0.1, 0.15) is 11.2 Å². The van der Waals surface area contributed by atoms with E-state index >= 15 is 0 Å². The summed E-state index contributed by atoms with van der Waals surface area (Å²) in [7, 11) is 0. The van der Waals surface area contributed by atoms with E-state index in [0.717, 1.165) is 50.1 Å². The summed E-state index contributed by atoms with van der Waals surface area (Å²) in [6.45, 7) is 0. The summed E-state index contributed by atoms with van der Waals surface area (Å²) in [5.41, 5.74) is 18.5. The van der Waals surface area contributed by atoms with E-state index in [4.69, 9.17) is 4.42 Å². The second-order valence-electron chi connectivity index (χ2n) is 15.6. The van der Waals surface area contributed by atoms with Crippen molar-refractivity contribution in [3.8, 4) is 27.9 Å². The first-order valence-corrected chi connectivity index (χ1v) is 20.0. The van der Waals surface area contributed by atoms with Crippen molar-refractivity contribution in [2.75, 3.05) is 4.90 Å². The van der Waals surface area contributed by atoms with Crippen LogP contribution in [0.3, 0.4) is 0 Å². The van der Waals surface area contributed by atoms with E-state index in [2.05, 4.69) is 210 Å². The van der Waals surface area contributed by atoms with Crippen molar-refractivity contribution in [3.63, 3.8) is 0 Å². The largest absolute Gasteiger partial charge is 0.456 e. The first kappa shape index (κ1) is 31.6. The lowest BCUT2D eigenvalue weighted by Crippen LogP contribution is -2.33. The summed E-state index contributed by atoms with van der Waals surface area (Å²) in [5.74, 6) is 0. The van der Waals surface area contributed by atoms with Crippen molar-refractivity contribution in [1.29, 1.82) is 0 Å². The molecule has 0 saturated carbocycles.